The Morgan fingerprint density at radius 3 is 2.58 bits per heavy atom. The fourth-order valence-corrected chi connectivity index (χ4v) is 3.79. The van der Waals surface area contributed by atoms with E-state index in [0.717, 1.165) is 16.6 Å². The maximum atomic E-state index is 12.2. The first kappa shape index (κ1) is 27.9. The van der Waals surface area contributed by atoms with Crippen molar-refractivity contribution >= 4 is 42.0 Å². The molecule has 3 N–H and O–H groups in total. The van der Waals surface area contributed by atoms with Gasteiger partial charge in [-0.05, 0) is 17.7 Å². The third-order valence-electron chi connectivity index (χ3n) is 5.74. The molecule has 0 spiro atoms. The van der Waals surface area contributed by atoms with Gasteiger partial charge in [0.15, 0.2) is 0 Å². The smallest absolute Gasteiger partial charge is 0.270 e. The van der Waals surface area contributed by atoms with Crippen molar-refractivity contribution in [3.63, 3.8) is 0 Å². The zero-order valence-corrected chi connectivity index (χ0v) is 21.9. The van der Waals surface area contributed by atoms with E-state index in [1.165, 1.54) is 12.7 Å². The molecule has 0 aliphatic heterocycles. The van der Waals surface area contributed by atoms with E-state index < -0.39 is 0 Å². The van der Waals surface area contributed by atoms with Crippen LogP contribution in [0.15, 0.2) is 55.2 Å². The lowest BCUT2D eigenvalue weighted by Gasteiger charge is -2.16. The average Bonchev–Trinajstić information content (AvgIpc) is 2.95. The van der Waals surface area contributed by atoms with E-state index in [2.05, 4.69) is 47.8 Å². The first-order chi connectivity index (χ1) is 18.0. The van der Waals surface area contributed by atoms with Crippen LogP contribution in [0.5, 0.6) is 0 Å². The molecule has 0 bridgehead atoms. The number of rotatable bonds is 9. The van der Waals surface area contributed by atoms with Gasteiger partial charge < -0.3 is 16.0 Å². The van der Waals surface area contributed by atoms with Gasteiger partial charge in [-0.25, -0.2) is 19.9 Å². The zero-order chi connectivity index (χ0) is 26.2. The molecule has 1 atom stereocenters. The normalized spacial score (nSPS) is 11.1. The highest BCUT2D eigenvalue weighted by molar-refractivity contribution is 7.59. The van der Waals surface area contributed by atoms with E-state index in [-0.39, 0.29) is 49.9 Å². The van der Waals surface area contributed by atoms with E-state index in [1.54, 1.807) is 25.4 Å². The summed E-state index contributed by atoms with van der Waals surface area (Å²) in [5, 5.41) is 17.9. The van der Waals surface area contributed by atoms with Crippen LogP contribution in [0.3, 0.4) is 0 Å². The number of benzene rings is 1. The van der Waals surface area contributed by atoms with Gasteiger partial charge >= 0.3 is 0 Å². The summed E-state index contributed by atoms with van der Waals surface area (Å²) < 4.78 is 0. The number of amides is 2. The second-order valence-electron chi connectivity index (χ2n) is 8.21. The number of nitriles is 1. The highest BCUT2D eigenvalue weighted by Crippen LogP contribution is 2.26. The van der Waals surface area contributed by atoms with E-state index in [1.807, 2.05) is 30.3 Å². The van der Waals surface area contributed by atoms with Gasteiger partial charge in [-0.3, -0.25) is 14.6 Å². The Labute approximate surface area is 226 Å². The van der Waals surface area contributed by atoms with E-state index in [9.17, 15) is 9.59 Å². The van der Waals surface area contributed by atoms with Gasteiger partial charge in [-0.2, -0.15) is 18.8 Å². The molecule has 38 heavy (non-hydrogen) atoms. The molecule has 0 radical (unpaired) electrons. The Bertz CT molecular complexity index is 1470. The molecule has 2 amide bonds. The standard InChI is InChI=1S/C26H25N9O2.H2S/c1-16(18-5-3-6-19-23(18)34-15-35-24(19)26(37)28-2)12-31-22-11-21(32-14-33-22)17-7-8-20(30-13-17)25(36)29-10-4-9-27;/h3,5-8,11,13-16H,4,10,12H2,1-2H3,(H,28,37)(H,29,36)(H,31,32,33);1H2/t16-;/m1./s1. The van der Waals surface area contributed by atoms with Crippen molar-refractivity contribution in [2.75, 3.05) is 25.5 Å². The quantitative estimate of drug-likeness (QED) is 0.277. The maximum Gasteiger partial charge on any atom is 0.270 e. The number of para-hydroxylation sites is 1. The van der Waals surface area contributed by atoms with Crippen molar-refractivity contribution in [1.82, 2.24) is 35.6 Å². The molecular formula is C26H27N9O2S. The number of anilines is 1. The van der Waals surface area contributed by atoms with E-state index in [0.29, 0.717) is 29.1 Å². The number of hydrogen-bond donors (Lipinski definition) is 3. The van der Waals surface area contributed by atoms with Crippen molar-refractivity contribution in [3.8, 4) is 17.3 Å². The Kier molecular flexibility index (Phi) is 9.61. The Balaban J connectivity index is 0.00000400. The van der Waals surface area contributed by atoms with Crippen LogP contribution >= 0.6 is 13.5 Å². The monoisotopic (exact) mass is 529 g/mol. The predicted octanol–water partition coefficient (Wildman–Crippen LogP) is 2.81. The molecule has 4 rings (SSSR count). The summed E-state index contributed by atoms with van der Waals surface area (Å²) in [6.07, 6.45) is 4.69. The molecule has 0 fully saturated rings. The molecule has 0 saturated heterocycles. The van der Waals surface area contributed by atoms with Crippen molar-refractivity contribution < 1.29 is 9.59 Å². The highest BCUT2D eigenvalue weighted by Gasteiger charge is 2.16. The first-order valence-electron chi connectivity index (χ1n) is 11.6. The topological polar surface area (TPSA) is 158 Å². The minimum atomic E-state index is -0.331. The summed E-state index contributed by atoms with van der Waals surface area (Å²) in [6.45, 7) is 2.91. The molecule has 4 aromatic rings. The van der Waals surface area contributed by atoms with Crippen molar-refractivity contribution in [2.45, 2.75) is 19.3 Å². The van der Waals surface area contributed by atoms with Crippen LogP contribution in [-0.4, -0.2) is 56.9 Å². The summed E-state index contributed by atoms with van der Waals surface area (Å²) in [7, 11) is 1.57. The predicted molar refractivity (Wildman–Crippen MR) is 148 cm³/mol. The number of pyridine rings is 1. The van der Waals surface area contributed by atoms with Gasteiger partial charge in [0.2, 0.25) is 0 Å². The molecule has 11 nitrogen and oxygen atoms in total. The van der Waals surface area contributed by atoms with Crippen LogP contribution in [0.1, 0.15) is 45.8 Å². The van der Waals surface area contributed by atoms with Crippen molar-refractivity contribution in [3.05, 3.63) is 72.2 Å². The molecule has 1 aromatic carbocycles. The van der Waals surface area contributed by atoms with Gasteiger partial charge in [0, 0.05) is 49.3 Å². The van der Waals surface area contributed by atoms with Crippen molar-refractivity contribution in [2.24, 2.45) is 0 Å². The van der Waals surface area contributed by atoms with E-state index >= 15 is 0 Å². The van der Waals surface area contributed by atoms with Crippen LogP contribution in [0.4, 0.5) is 5.82 Å². The van der Waals surface area contributed by atoms with Crippen molar-refractivity contribution in [1.29, 1.82) is 5.26 Å². The highest BCUT2D eigenvalue weighted by atomic mass is 32.1. The van der Waals surface area contributed by atoms with Gasteiger partial charge in [0.25, 0.3) is 11.8 Å². The minimum Gasteiger partial charge on any atom is -0.369 e. The molecule has 0 aliphatic rings. The van der Waals surface area contributed by atoms with Crippen LogP contribution in [0.25, 0.3) is 22.2 Å². The summed E-state index contributed by atoms with van der Waals surface area (Å²) in [5.41, 5.74) is 3.72. The number of aromatic nitrogens is 5. The minimum absolute atomic E-state index is 0. The molecule has 12 heteroatoms. The number of nitrogens with one attached hydrogen (secondary N) is 3. The molecule has 0 unspecified atom stereocenters. The van der Waals surface area contributed by atoms with Crippen LogP contribution in [0.2, 0.25) is 0 Å². The Hall–Kier alpha value is -4.63. The third kappa shape index (κ3) is 6.37. The maximum absolute atomic E-state index is 12.2. The summed E-state index contributed by atoms with van der Waals surface area (Å²) in [6, 6.07) is 12.9. The van der Waals surface area contributed by atoms with Crippen LogP contribution < -0.4 is 16.0 Å². The van der Waals surface area contributed by atoms with E-state index in [4.69, 9.17) is 5.26 Å². The van der Waals surface area contributed by atoms with Gasteiger partial charge in [-0.15, -0.1) is 0 Å². The summed E-state index contributed by atoms with van der Waals surface area (Å²) >= 11 is 0. The molecular weight excluding hydrogens is 502 g/mol. The fourth-order valence-electron chi connectivity index (χ4n) is 3.79. The third-order valence-corrected chi connectivity index (χ3v) is 5.74. The number of nitrogens with zero attached hydrogens (tertiary/aromatic N) is 6. The Morgan fingerprint density at radius 2 is 1.84 bits per heavy atom. The zero-order valence-electron chi connectivity index (χ0n) is 20.9. The lowest BCUT2D eigenvalue weighted by molar-refractivity contribution is 0.0945. The summed E-state index contributed by atoms with van der Waals surface area (Å²) in [5.74, 6) is 0.0964. The SMILES string of the molecule is CNC(=O)c1ncnc2c([C@H](C)CNc3cc(-c4ccc(C(=O)NCCC#N)nc4)ncn3)cccc12.S. The molecule has 194 valence electrons. The fraction of sp³-hybridized carbons (Fsp3) is 0.231. The number of hydrogen-bond acceptors (Lipinski definition) is 9. The van der Waals surface area contributed by atoms with Gasteiger partial charge in [0.05, 0.1) is 23.7 Å². The molecule has 3 aromatic heterocycles. The first-order valence-corrected chi connectivity index (χ1v) is 11.6. The van der Waals surface area contributed by atoms with Gasteiger partial charge in [-0.1, -0.05) is 25.1 Å². The number of carbonyl (C=O) groups excluding carboxylic acids is 2. The lowest BCUT2D eigenvalue weighted by atomic mass is 9.97. The second-order valence-corrected chi connectivity index (χ2v) is 8.21. The van der Waals surface area contributed by atoms with Crippen LogP contribution in [0, 0.1) is 11.3 Å². The lowest BCUT2D eigenvalue weighted by Crippen LogP contribution is -2.25. The number of fused-ring (bicyclic) bond motifs is 1. The van der Waals surface area contributed by atoms with Crippen LogP contribution in [-0.2, 0) is 0 Å². The van der Waals surface area contributed by atoms with Gasteiger partial charge in [0.1, 0.15) is 29.9 Å². The summed E-state index contributed by atoms with van der Waals surface area (Å²) in [4.78, 5) is 45.7. The molecule has 0 saturated carbocycles. The largest absolute Gasteiger partial charge is 0.369 e. The Morgan fingerprint density at radius 1 is 1.03 bits per heavy atom. The average molecular weight is 530 g/mol. The molecule has 3 heterocycles. The number of carbonyl (C=O) groups is 2. The molecule has 0 aliphatic carbocycles. The second kappa shape index (κ2) is 13.1.